The van der Waals surface area contributed by atoms with Gasteiger partial charge in [0, 0.05) is 26.3 Å². The quantitative estimate of drug-likeness (QED) is 0.348. The van der Waals surface area contributed by atoms with Gasteiger partial charge in [-0.05, 0) is 31.4 Å². The molecule has 2 rings (SSSR count). The highest BCUT2D eigenvalue weighted by atomic mass is 32.2. The predicted molar refractivity (Wildman–Crippen MR) is 114 cm³/mol. The monoisotopic (exact) mass is 420 g/mol. The summed E-state index contributed by atoms with van der Waals surface area (Å²) in [4.78, 5) is 41.3. The summed E-state index contributed by atoms with van der Waals surface area (Å²) in [6.07, 6.45) is 0.673. The molecule has 0 saturated heterocycles. The van der Waals surface area contributed by atoms with E-state index in [1.54, 1.807) is 22.8 Å². The smallest absolute Gasteiger partial charge is 0.321 e. The number of aromatic nitrogens is 2. The highest BCUT2D eigenvalue weighted by Crippen LogP contribution is 2.18. The van der Waals surface area contributed by atoms with E-state index in [4.69, 9.17) is 4.74 Å². The Morgan fingerprint density at radius 1 is 1.28 bits per heavy atom. The Morgan fingerprint density at radius 3 is 2.76 bits per heavy atom. The van der Waals surface area contributed by atoms with Crippen molar-refractivity contribution in [3.05, 3.63) is 34.6 Å². The number of thioether (sulfide) groups is 1. The number of hydrogen-bond donors (Lipinski definition) is 2. The molecule has 0 unspecified atom stereocenters. The van der Waals surface area contributed by atoms with Crippen molar-refractivity contribution in [1.29, 1.82) is 0 Å². The van der Waals surface area contributed by atoms with Gasteiger partial charge in [0.2, 0.25) is 5.91 Å². The Hall–Kier alpha value is -2.39. The molecule has 0 bridgehead atoms. The van der Waals surface area contributed by atoms with E-state index in [9.17, 15) is 14.4 Å². The van der Waals surface area contributed by atoms with Crippen molar-refractivity contribution in [2.75, 3.05) is 25.5 Å². The average molecular weight is 421 g/mol. The first-order valence-corrected chi connectivity index (χ1v) is 10.7. The molecule has 0 aliphatic rings. The number of para-hydroxylation sites is 1. The van der Waals surface area contributed by atoms with Crippen LogP contribution in [0, 0.1) is 5.92 Å². The van der Waals surface area contributed by atoms with Crippen LogP contribution in [-0.4, -0.2) is 47.0 Å². The van der Waals surface area contributed by atoms with Crippen LogP contribution in [0.5, 0.6) is 0 Å². The normalized spacial score (nSPS) is 11.0. The lowest BCUT2D eigenvalue weighted by Crippen LogP contribution is -2.41. The number of benzene rings is 1. The SMILES string of the molecule is CCOCCCNC(=O)NC(=O)CSc1nc2ccccc2c(=O)n1CC(C)C. The number of carbonyl (C=O) groups is 2. The van der Waals surface area contributed by atoms with Gasteiger partial charge < -0.3 is 10.1 Å². The molecule has 1 heterocycles. The summed E-state index contributed by atoms with van der Waals surface area (Å²) in [5, 5.41) is 5.91. The lowest BCUT2D eigenvalue weighted by Gasteiger charge is -2.14. The molecule has 9 heteroatoms. The number of nitrogens with zero attached hydrogens (tertiary/aromatic N) is 2. The lowest BCUT2D eigenvalue weighted by atomic mass is 10.2. The van der Waals surface area contributed by atoms with Crippen molar-refractivity contribution >= 4 is 34.6 Å². The van der Waals surface area contributed by atoms with Gasteiger partial charge in [0.15, 0.2) is 5.16 Å². The minimum atomic E-state index is -0.543. The molecule has 1 aromatic carbocycles. The number of hydrogen-bond acceptors (Lipinski definition) is 6. The number of ether oxygens (including phenoxy) is 1. The van der Waals surface area contributed by atoms with Crippen LogP contribution in [0.4, 0.5) is 4.79 Å². The molecule has 2 aromatic rings. The fourth-order valence-electron chi connectivity index (χ4n) is 2.64. The van der Waals surface area contributed by atoms with Crippen molar-refractivity contribution in [2.24, 2.45) is 5.92 Å². The summed E-state index contributed by atoms with van der Waals surface area (Å²) in [6.45, 7) is 8.04. The van der Waals surface area contributed by atoms with Gasteiger partial charge in [-0.1, -0.05) is 37.7 Å². The van der Waals surface area contributed by atoms with Crippen LogP contribution in [0.25, 0.3) is 10.9 Å². The van der Waals surface area contributed by atoms with E-state index in [0.717, 1.165) is 11.8 Å². The van der Waals surface area contributed by atoms with Crippen LogP contribution in [-0.2, 0) is 16.1 Å². The summed E-state index contributed by atoms with van der Waals surface area (Å²) >= 11 is 1.14. The van der Waals surface area contributed by atoms with Gasteiger partial charge in [0.05, 0.1) is 16.7 Å². The van der Waals surface area contributed by atoms with Gasteiger partial charge in [-0.3, -0.25) is 19.5 Å². The second kappa shape index (κ2) is 11.6. The first-order valence-electron chi connectivity index (χ1n) is 9.70. The van der Waals surface area contributed by atoms with Crippen LogP contribution in [0.3, 0.4) is 0 Å². The Morgan fingerprint density at radius 2 is 2.03 bits per heavy atom. The molecule has 0 atom stereocenters. The highest BCUT2D eigenvalue weighted by Gasteiger charge is 2.15. The Balaban J connectivity index is 1.99. The summed E-state index contributed by atoms with van der Waals surface area (Å²) in [5.41, 5.74) is 0.465. The van der Waals surface area contributed by atoms with Crippen LogP contribution in [0.1, 0.15) is 27.2 Å². The number of urea groups is 1. The van der Waals surface area contributed by atoms with Gasteiger partial charge in [0.25, 0.3) is 5.56 Å². The van der Waals surface area contributed by atoms with Crippen molar-refractivity contribution in [2.45, 2.75) is 38.9 Å². The minimum absolute atomic E-state index is 0.0186. The van der Waals surface area contributed by atoms with Gasteiger partial charge in [-0.15, -0.1) is 0 Å². The Labute approximate surface area is 174 Å². The molecule has 158 valence electrons. The number of amides is 3. The summed E-state index contributed by atoms with van der Waals surface area (Å²) in [7, 11) is 0. The van der Waals surface area contributed by atoms with Gasteiger partial charge in [0.1, 0.15) is 0 Å². The second-order valence-electron chi connectivity index (χ2n) is 6.86. The highest BCUT2D eigenvalue weighted by molar-refractivity contribution is 7.99. The van der Waals surface area contributed by atoms with Gasteiger partial charge in [-0.25, -0.2) is 9.78 Å². The van der Waals surface area contributed by atoms with E-state index >= 15 is 0 Å². The molecule has 8 nitrogen and oxygen atoms in total. The summed E-state index contributed by atoms with van der Waals surface area (Å²) in [5.74, 6) is -0.225. The molecule has 0 aliphatic heterocycles. The average Bonchev–Trinajstić information content (AvgIpc) is 2.68. The zero-order valence-corrected chi connectivity index (χ0v) is 17.9. The van der Waals surface area contributed by atoms with Crippen molar-refractivity contribution < 1.29 is 14.3 Å². The topological polar surface area (TPSA) is 102 Å². The molecule has 1 aromatic heterocycles. The standard InChI is InChI=1S/C20H28N4O4S/c1-4-28-11-7-10-21-19(27)23-17(25)13-29-20-22-16-9-6-5-8-15(16)18(26)24(20)12-14(2)3/h5-6,8-9,14H,4,7,10-13H2,1-3H3,(H2,21,23,25,27). The Kier molecular flexibility index (Phi) is 9.14. The molecule has 0 radical (unpaired) electrons. The number of carbonyl (C=O) groups excluding carboxylic acids is 2. The molecule has 0 spiro atoms. The van der Waals surface area contributed by atoms with Crippen LogP contribution in [0.15, 0.2) is 34.2 Å². The molecular weight excluding hydrogens is 392 g/mol. The maximum absolute atomic E-state index is 12.8. The molecule has 2 N–H and O–H groups in total. The number of fused-ring (bicyclic) bond motifs is 1. The Bertz CT molecular complexity index is 898. The van der Waals surface area contributed by atoms with Crippen molar-refractivity contribution in [3.8, 4) is 0 Å². The van der Waals surface area contributed by atoms with Gasteiger partial charge >= 0.3 is 6.03 Å². The third-order valence-corrected chi connectivity index (χ3v) is 4.89. The van der Waals surface area contributed by atoms with E-state index in [2.05, 4.69) is 15.6 Å². The molecular formula is C20H28N4O4S. The van der Waals surface area contributed by atoms with E-state index in [-0.39, 0.29) is 17.2 Å². The number of rotatable bonds is 10. The predicted octanol–water partition coefficient (Wildman–Crippen LogP) is 2.40. The van der Waals surface area contributed by atoms with Crippen LogP contribution in [0.2, 0.25) is 0 Å². The zero-order valence-electron chi connectivity index (χ0n) is 17.1. The van der Waals surface area contributed by atoms with Gasteiger partial charge in [-0.2, -0.15) is 0 Å². The van der Waals surface area contributed by atoms with E-state index in [1.165, 1.54) is 0 Å². The van der Waals surface area contributed by atoms with Crippen LogP contribution >= 0.6 is 11.8 Å². The van der Waals surface area contributed by atoms with Crippen molar-refractivity contribution in [1.82, 2.24) is 20.2 Å². The third-order valence-electron chi connectivity index (χ3n) is 3.91. The first kappa shape index (κ1) is 22.9. The fraction of sp³-hybridized carbons (Fsp3) is 0.500. The molecule has 29 heavy (non-hydrogen) atoms. The number of nitrogens with one attached hydrogen (secondary N) is 2. The van der Waals surface area contributed by atoms with Crippen LogP contribution < -0.4 is 16.2 Å². The summed E-state index contributed by atoms with van der Waals surface area (Å²) < 4.78 is 6.78. The van der Waals surface area contributed by atoms with E-state index < -0.39 is 11.9 Å². The lowest BCUT2D eigenvalue weighted by molar-refractivity contribution is -0.117. The van der Waals surface area contributed by atoms with Crippen molar-refractivity contribution in [3.63, 3.8) is 0 Å². The molecule has 0 aliphatic carbocycles. The largest absolute Gasteiger partial charge is 0.382 e. The molecule has 0 fully saturated rings. The molecule has 0 saturated carbocycles. The summed E-state index contributed by atoms with van der Waals surface area (Å²) in [6, 6.07) is 6.60. The third kappa shape index (κ3) is 7.17. The maximum Gasteiger partial charge on any atom is 0.321 e. The van der Waals surface area contributed by atoms with E-state index in [1.807, 2.05) is 26.8 Å². The maximum atomic E-state index is 12.8. The van der Waals surface area contributed by atoms with E-state index in [0.29, 0.717) is 48.8 Å². The zero-order chi connectivity index (χ0) is 21.2. The number of imide groups is 1. The molecule has 3 amide bonds. The first-order chi connectivity index (χ1) is 13.9. The fourth-order valence-corrected chi connectivity index (χ4v) is 3.45. The second-order valence-corrected chi connectivity index (χ2v) is 7.81. The minimum Gasteiger partial charge on any atom is -0.382 e.